The molecule has 2 rings (SSSR count). The van der Waals surface area contributed by atoms with Crippen molar-refractivity contribution < 1.29 is 18.0 Å². The number of nitrogens with zero attached hydrogens (tertiary/aromatic N) is 2. The van der Waals surface area contributed by atoms with E-state index in [1.165, 1.54) is 11.9 Å². The third-order valence-corrected chi connectivity index (χ3v) is 7.57. The normalized spacial score (nSPS) is 12.7. The van der Waals surface area contributed by atoms with Crippen LogP contribution in [0, 0.1) is 0 Å². The third kappa shape index (κ3) is 7.35. The molecule has 2 amide bonds. The number of rotatable bonds is 9. The van der Waals surface area contributed by atoms with E-state index in [4.69, 9.17) is 23.2 Å². The number of anilines is 1. The van der Waals surface area contributed by atoms with Gasteiger partial charge in [0.25, 0.3) is 0 Å². The van der Waals surface area contributed by atoms with Crippen molar-refractivity contribution in [3.63, 3.8) is 0 Å². The highest BCUT2D eigenvalue weighted by Gasteiger charge is 2.32. The number of sulfonamides is 1. The fourth-order valence-electron chi connectivity index (χ4n) is 3.68. The van der Waals surface area contributed by atoms with Gasteiger partial charge in [0.2, 0.25) is 21.8 Å². The molecule has 192 valence electrons. The van der Waals surface area contributed by atoms with Crippen molar-refractivity contribution in [2.75, 3.05) is 24.2 Å². The maximum Gasteiger partial charge on any atom is 0.244 e. The molecule has 0 aliphatic carbocycles. The Morgan fingerprint density at radius 2 is 1.57 bits per heavy atom. The van der Waals surface area contributed by atoms with Crippen molar-refractivity contribution >= 4 is 50.7 Å². The summed E-state index contributed by atoms with van der Waals surface area (Å²) in [5, 5.41) is 3.27. The quantitative estimate of drug-likeness (QED) is 0.502. The van der Waals surface area contributed by atoms with E-state index < -0.39 is 28.5 Å². The first-order valence-electron chi connectivity index (χ1n) is 11.2. The van der Waals surface area contributed by atoms with Crippen LogP contribution in [0.1, 0.15) is 45.2 Å². The van der Waals surface area contributed by atoms with E-state index in [1.807, 2.05) is 12.1 Å². The van der Waals surface area contributed by atoms with Crippen molar-refractivity contribution in [2.24, 2.45) is 0 Å². The Balaban J connectivity index is 2.48. The number of benzene rings is 2. The van der Waals surface area contributed by atoms with E-state index in [9.17, 15) is 18.0 Å². The molecule has 0 aromatic heterocycles. The Morgan fingerprint density at radius 1 is 1.03 bits per heavy atom. The SMILES string of the molecule is CC[C@@H](C(=O)NC)N(Cc1c(Cl)cccc1Cl)C(=O)CN(c1ccc(C(C)(C)C)cc1)S(C)(=O)=O. The second-order valence-corrected chi connectivity index (χ2v) is 12.0. The molecule has 0 radical (unpaired) electrons. The minimum atomic E-state index is -3.81. The van der Waals surface area contributed by atoms with Crippen LogP contribution in [0.25, 0.3) is 0 Å². The lowest BCUT2D eigenvalue weighted by Gasteiger charge is -2.33. The molecule has 0 aliphatic rings. The van der Waals surface area contributed by atoms with Crippen LogP contribution in [0.15, 0.2) is 42.5 Å². The van der Waals surface area contributed by atoms with Crippen LogP contribution in [-0.4, -0.2) is 51.0 Å². The molecule has 0 fully saturated rings. The maximum absolute atomic E-state index is 13.6. The minimum absolute atomic E-state index is 0.0518. The average Bonchev–Trinajstić information content (AvgIpc) is 2.77. The van der Waals surface area contributed by atoms with Crippen LogP contribution in [0.5, 0.6) is 0 Å². The molecule has 35 heavy (non-hydrogen) atoms. The van der Waals surface area contributed by atoms with Crippen molar-refractivity contribution in [3.05, 3.63) is 63.6 Å². The molecule has 0 unspecified atom stereocenters. The summed E-state index contributed by atoms with van der Waals surface area (Å²) in [6.45, 7) is 7.41. The zero-order chi connectivity index (χ0) is 26.6. The highest BCUT2D eigenvalue weighted by molar-refractivity contribution is 7.92. The molecule has 1 atom stereocenters. The second kappa shape index (κ2) is 11.6. The van der Waals surface area contributed by atoms with Gasteiger partial charge >= 0.3 is 0 Å². The summed E-state index contributed by atoms with van der Waals surface area (Å²) in [6, 6.07) is 11.2. The average molecular weight is 543 g/mol. The summed E-state index contributed by atoms with van der Waals surface area (Å²) in [6.07, 6.45) is 1.36. The van der Waals surface area contributed by atoms with Crippen LogP contribution < -0.4 is 9.62 Å². The molecule has 10 heteroatoms. The van der Waals surface area contributed by atoms with Crippen molar-refractivity contribution in [1.82, 2.24) is 10.2 Å². The number of hydrogen-bond donors (Lipinski definition) is 1. The first-order chi connectivity index (χ1) is 16.2. The molecule has 2 aromatic rings. The number of halogens is 2. The van der Waals surface area contributed by atoms with Crippen LogP contribution in [0.3, 0.4) is 0 Å². The number of carbonyl (C=O) groups excluding carboxylic acids is 2. The zero-order valence-corrected chi connectivity index (χ0v) is 23.3. The molecule has 0 bridgehead atoms. The minimum Gasteiger partial charge on any atom is -0.357 e. The first-order valence-corrected chi connectivity index (χ1v) is 13.8. The predicted molar refractivity (Wildman–Crippen MR) is 142 cm³/mol. The summed E-state index contributed by atoms with van der Waals surface area (Å²) >= 11 is 12.7. The summed E-state index contributed by atoms with van der Waals surface area (Å²) < 4.78 is 26.4. The molecule has 0 saturated heterocycles. The van der Waals surface area contributed by atoms with E-state index in [2.05, 4.69) is 26.1 Å². The number of nitrogens with one attached hydrogen (secondary N) is 1. The fraction of sp³-hybridized carbons (Fsp3) is 0.440. The van der Waals surface area contributed by atoms with Gasteiger partial charge in [-0.2, -0.15) is 0 Å². The van der Waals surface area contributed by atoms with Crippen LogP contribution in [0.2, 0.25) is 10.0 Å². The summed E-state index contributed by atoms with van der Waals surface area (Å²) in [5.41, 5.74) is 1.75. The van der Waals surface area contributed by atoms with E-state index in [1.54, 1.807) is 37.3 Å². The number of likely N-dealkylation sites (N-methyl/N-ethyl adjacent to an activating group) is 1. The van der Waals surface area contributed by atoms with Crippen molar-refractivity contribution in [2.45, 2.75) is 52.1 Å². The summed E-state index contributed by atoms with van der Waals surface area (Å²) in [4.78, 5) is 27.6. The van der Waals surface area contributed by atoms with Gasteiger partial charge in [-0.05, 0) is 41.7 Å². The third-order valence-electron chi connectivity index (χ3n) is 5.72. The number of carbonyl (C=O) groups is 2. The van der Waals surface area contributed by atoms with Gasteiger partial charge in [-0.1, -0.05) is 69.1 Å². The fourth-order valence-corrected chi connectivity index (χ4v) is 5.05. The lowest BCUT2D eigenvalue weighted by atomic mass is 9.87. The lowest BCUT2D eigenvalue weighted by Crippen LogP contribution is -2.51. The van der Waals surface area contributed by atoms with Gasteiger partial charge < -0.3 is 10.2 Å². The molecular weight excluding hydrogens is 509 g/mol. The summed E-state index contributed by atoms with van der Waals surface area (Å²) in [5.74, 6) is -0.925. The molecule has 0 spiro atoms. The van der Waals surface area contributed by atoms with Crippen LogP contribution in [0.4, 0.5) is 5.69 Å². The lowest BCUT2D eigenvalue weighted by molar-refractivity contribution is -0.140. The smallest absolute Gasteiger partial charge is 0.244 e. The standard InChI is InChI=1S/C25H33Cl2N3O4S/c1-7-22(24(32)28-5)29(15-19-20(26)9-8-10-21(19)27)23(31)16-30(35(6,33)34)18-13-11-17(12-14-18)25(2,3)4/h8-14,22H,7,15-16H2,1-6H3,(H,28,32)/t22-/m0/s1. The topological polar surface area (TPSA) is 86.8 Å². The first kappa shape index (κ1) is 28.9. The van der Waals surface area contributed by atoms with E-state index in [-0.39, 0.29) is 17.9 Å². The monoisotopic (exact) mass is 541 g/mol. The zero-order valence-electron chi connectivity index (χ0n) is 20.9. The Hall–Kier alpha value is -2.29. The van der Waals surface area contributed by atoms with Gasteiger partial charge in [-0.3, -0.25) is 13.9 Å². The van der Waals surface area contributed by atoms with Gasteiger partial charge in [-0.15, -0.1) is 0 Å². The molecular formula is C25H33Cl2N3O4S. The Morgan fingerprint density at radius 3 is 2.00 bits per heavy atom. The van der Waals surface area contributed by atoms with Crippen LogP contribution >= 0.6 is 23.2 Å². The molecule has 0 saturated carbocycles. The summed E-state index contributed by atoms with van der Waals surface area (Å²) in [7, 11) is -2.33. The highest BCUT2D eigenvalue weighted by atomic mass is 35.5. The van der Waals surface area contributed by atoms with Crippen molar-refractivity contribution in [1.29, 1.82) is 0 Å². The number of amides is 2. The highest BCUT2D eigenvalue weighted by Crippen LogP contribution is 2.29. The van der Waals surface area contributed by atoms with Gasteiger partial charge in [-0.25, -0.2) is 8.42 Å². The largest absolute Gasteiger partial charge is 0.357 e. The van der Waals surface area contributed by atoms with E-state index in [0.29, 0.717) is 27.7 Å². The van der Waals surface area contributed by atoms with E-state index >= 15 is 0 Å². The predicted octanol–water partition coefficient (Wildman–Crippen LogP) is 4.61. The molecule has 0 aliphatic heterocycles. The van der Waals surface area contributed by atoms with Gasteiger partial charge in [0.1, 0.15) is 12.6 Å². The Bertz CT molecular complexity index is 1140. The maximum atomic E-state index is 13.6. The van der Waals surface area contributed by atoms with Gasteiger partial charge in [0, 0.05) is 29.2 Å². The Kier molecular flexibility index (Phi) is 9.62. The second-order valence-electron chi connectivity index (χ2n) is 9.33. The molecule has 2 aromatic carbocycles. The molecule has 7 nitrogen and oxygen atoms in total. The molecule has 0 heterocycles. The van der Waals surface area contributed by atoms with Crippen molar-refractivity contribution in [3.8, 4) is 0 Å². The Labute approximate surface area is 218 Å². The van der Waals surface area contributed by atoms with E-state index in [0.717, 1.165) is 16.1 Å². The molecule has 1 N–H and O–H groups in total. The van der Waals surface area contributed by atoms with Crippen LogP contribution in [-0.2, 0) is 31.6 Å². The van der Waals surface area contributed by atoms with Gasteiger partial charge in [0.15, 0.2) is 0 Å². The number of hydrogen-bond acceptors (Lipinski definition) is 4. The van der Waals surface area contributed by atoms with Gasteiger partial charge in [0.05, 0.1) is 11.9 Å².